The van der Waals surface area contributed by atoms with E-state index in [2.05, 4.69) is 17.4 Å². The van der Waals surface area contributed by atoms with Gasteiger partial charge in [-0.25, -0.2) is 4.79 Å². The third-order valence-electron chi connectivity index (χ3n) is 5.86. The van der Waals surface area contributed by atoms with Crippen LogP contribution in [0.2, 0.25) is 0 Å². The maximum atomic E-state index is 13.2. The van der Waals surface area contributed by atoms with Gasteiger partial charge in [0.05, 0.1) is 0 Å². The smallest absolute Gasteiger partial charge is 0.407 e. The number of hydrogen-bond donors (Lipinski definition) is 2. The van der Waals surface area contributed by atoms with Crippen LogP contribution in [-0.4, -0.2) is 53.7 Å². The first-order valence-electron chi connectivity index (χ1n) is 11.8. The summed E-state index contributed by atoms with van der Waals surface area (Å²) in [6.07, 6.45) is -0.294. The van der Waals surface area contributed by atoms with E-state index in [9.17, 15) is 19.5 Å². The first-order chi connectivity index (χ1) is 16.2. The third-order valence-corrected chi connectivity index (χ3v) is 5.86. The summed E-state index contributed by atoms with van der Waals surface area (Å²) >= 11 is 0. The van der Waals surface area contributed by atoms with E-state index in [1.165, 1.54) is 4.90 Å². The molecule has 2 aromatic rings. The average molecular weight is 467 g/mol. The summed E-state index contributed by atoms with van der Waals surface area (Å²) in [5, 5.41) is 12.0. The Kier molecular flexibility index (Phi) is 8.31. The monoisotopic (exact) mass is 466 g/mol. The molecule has 0 heterocycles. The second kappa shape index (κ2) is 11.2. The number of carboxylic acid groups (broad SMARTS) is 1. The predicted octanol–water partition coefficient (Wildman–Crippen LogP) is 4.51. The number of rotatable bonds is 10. The Morgan fingerprint density at radius 3 is 2.00 bits per heavy atom. The molecule has 0 radical (unpaired) electrons. The van der Waals surface area contributed by atoms with Crippen LogP contribution in [-0.2, 0) is 14.3 Å². The number of amides is 2. The van der Waals surface area contributed by atoms with Gasteiger partial charge in [0, 0.05) is 12.5 Å². The molecule has 0 unspecified atom stereocenters. The fourth-order valence-corrected chi connectivity index (χ4v) is 4.53. The Morgan fingerprint density at radius 2 is 1.50 bits per heavy atom. The lowest BCUT2D eigenvalue weighted by molar-refractivity contribution is -0.145. The fraction of sp³-hybridized carbons (Fsp3) is 0.444. The SMILES string of the molecule is CC(C)C[C@H](NC(=O)OCC1c2ccccc2-c2ccccc21)C(=O)N(CC(=O)O)CC(C)C. The van der Waals surface area contributed by atoms with Gasteiger partial charge in [0.25, 0.3) is 0 Å². The van der Waals surface area contributed by atoms with E-state index in [1.54, 1.807) is 0 Å². The number of aliphatic carboxylic acids is 1. The highest BCUT2D eigenvalue weighted by Gasteiger charge is 2.31. The van der Waals surface area contributed by atoms with Crippen molar-refractivity contribution in [1.29, 1.82) is 0 Å². The van der Waals surface area contributed by atoms with Crippen LogP contribution in [0.1, 0.15) is 51.2 Å². The zero-order valence-corrected chi connectivity index (χ0v) is 20.3. The number of carbonyl (C=O) groups is 3. The van der Waals surface area contributed by atoms with Gasteiger partial charge in [-0.2, -0.15) is 0 Å². The number of ether oxygens (including phenoxy) is 1. The van der Waals surface area contributed by atoms with Crippen LogP contribution in [0.15, 0.2) is 48.5 Å². The van der Waals surface area contributed by atoms with Gasteiger partial charge in [-0.15, -0.1) is 0 Å². The summed E-state index contributed by atoms with van der Waals surface area (Å²) in [6, 6.07) is 15.3. The Balaban J connectivity index is 1.71. The Bertz CT molecular complexity index is 988. The number of benzene rings is 2. The van der Waals surface area contributed by atoms with Crippen LogP contribution in [0.4, 0.5) is 4.79 Å². The zero-order valence-electron chi connectivity index (χ0n) is 20.3. The largest absolute Gasteiger partial charge is 0.480 e. The highest BCUT2D eigenvalue weighted by atomic mass is 16.5. The van der Waals surface area contributed by atoms with Crippen LogP contribution in [0.5, 0.6) is 0 Å². The summed E-state index contributed by atoms with van der Waals surface area (Å²) in [5.74, 6) is -1.36. The summed E-state index contributed by atoms with van der Waals surface area (Å²) in [6.45, 7) is 7.77. The Hall–Kier alpha value is -3.35. The quantitative estimate of drug-likeness (QED) is 0.537. The summed E-state index contributed by atoms with van der Waals surface area (Å²) in [4.78, 5) is 38.5. The van der Waals surface area contributed by atoms with E-state index in [-0.39, 0.29) is 24.4 Å². The molecule has 34 heavy (non-hydrogen) atoms. The van der Waals surface area contributed by atoms with Gasteiger partial charge in [0.2, 0.25) is 5.91 Å². The molecular weight excluding hydrogens is 432 g/mol. The molecule has 1 atom stereocenters. The Morgan fingerprint density at radius 1 is 0.941 bits per heavy atom. The number of fused-ring (bicyclic) bond motifs is 3. The maximum absolute atomic E-state index is 13.2. The van der Waals surface area contributed by atoms with Gasteiger partial charge in [0.15, 0.2) is 0 Å². The molecular formula is C27H34N2O5. The molecule has 1 aliphatic rings. The number of hydrogen-bond acceptors (Lipinski definition) is 4. The van der Waals surface area contributed by atoms with E-state index in [4.69, 9.17) is 4.74 Å². The molecule has 7 heteroatoms. The predicted molar refractivity (Wildman–Crippen MR) is 131 cm³/mol. The van der Waals surface area contributed by atoms with Gasteiger partial charge in [-0.3, -0.25) is 9.59 Å². The van der Waals surface area contributed by atoms with Crippen LogP contribution < -0.4 is 5.32 Å². The lowest BCUT2D eigenvalue weighted by Gasteiger charge is -2.28. The van der Waals surface area contributed by atoms with Crippen molar-refractivity contribution in [2.45, 2.75) is 46.1 Å². The lowest BCUT2D eigenvalue weighted by Crippen LogP contribution is -2.51. The van der Waals surface area contributed by atoms with E-state index < -0.39 is 30.6 Å². The van der Waals surface area contributed by atoms with Gasteiger partial charge in [0.1, 0.15) is 19.2 Å². The van der Waals surface area contributed by atoms with Crippen molar-refractivity contribution in [3.63, 3.8) is 0 Å². The van der Waals surface area contributed by atoms with Crippen LogP contribution in [0, 0.1) is 11.8 Å². The first-order valence-corrected chi connectivity index (χ1v) is 11.8. The van der Waals surface area contributed by atoms with Gasteiger partial charge >= 0.3 is 12.1 Å². The summed E-state index contributed by atoms with van der Waals surface area (Å²) in [7, 11) is 0. The molecule has 0 spiro atoms. The van der Waals surface area contributed by atoms with Crippen LogP contribution >= 0.6 is 0 Å². The van der Waals surface area contributed by atoms with Crippen molar-refractivity contribution >= 4 is 18.0 Å². The van der Waals surface area contributed by atoms with Gasteiger partial charge in [-0.1, -0.05) is 76.2 Å². The second-order valence-electron chi connectivity index (χ2n) is 9.66. The summed E-state index contributed by atoms with van der Waals surface area (Å²) < 4.78 is 5.61. The maximum Gasteiger partial charge on any atom is 0.407 e. The van der Waals surface area contributed by atoms with Crippen molar-refractivity contribution in [1.82, 2.24) is 10.2 Å². The van der Waals surface area contributed by atoms with Crippen molar-refractivity contribution in [2.75, 3.05) is 19.7 Å². The van der Waals surface area contributed by atoms with Crippen molar-refractivity contribution in [3.8, 4) is 11.1 Å². The Labute approximate surface area is 201 Å². The van der Waals surface area contributed by atoms with E-state index >= 15 is 0 Å². The van der Waals surface area contributed by atoms with Crippen molar-refractivity contribution < 1.29 is 24.2 Å². The number of carboxylic acids is 1. The molecule has 182 valence electrons. The van der Waals surface area contributed by atoms with E-state index in [1.807, 2.05) is 64.1 Å². The molecule has 1 aliphatic carbocycles. The number of nitrogens with zero attached hydrogens (tertiary/aromatic N) is 1. The number of nitrogens with one attached hydrogen (secondary N) is 1. The normalized spacial score (nSPS) is 13.4. The molecule has 2 amide bonds. The van der Waals surface area contributed by atoms with Crippen molar-refractivity contribution in [2.24, 2.45) is 11.8 Å². The molecule has 0 fully saturated rings. The highest BCUT2D eigenvalue weighted by Crippen LogP contribution is 2.44. The summed E-state index contributed by atoms with van der Waals surface area (Å²) in [5.41, 5.74) is 4.49. The van der Waals surface area contributed by atoms with Gasteiger partial charge < -0.3 is 20.1 Å². The van der Waals surface area contributed by atoms with Gasteiger partial charge in [-0.05, 0) is 40.5 Å². The minimum atomic E-state index is -1.08. The molecule has 0 aromatic heterocycles. The molecule has 2 N–H and O–H groups in total. The minimum Gasteiger partial charge on any atom is -0.480 e. The molecule has 7 nitrogen and oxygen atoms in total. The van der Waals surface area contributed by atoms with E-state index in [0.29, 0.717) is 13.0 Å². The lowest BCUT2D eigenvalue weighted by atomic mass is 9.98. The number of alkyl carbamates (subject to hydrolysis) is 1. The fourth-order valence-electron chi connectivity index (χ4n) is 4.53. The topological polar surface area (TPSA) is 95.9 Å². The standard InChI is InChI=1S/C27H34N2O5/c1-17(2)13-24(26(32)29(14-18(3)4)15-25(30)31)28-27(33)34-16-23-21-11-7-5-9-19(21)20-10-6-8-12-22(20)23/h5-12,17-18,23-24H,13-16H2,1-4H3,(H,28,33)(H,30,31)/t24-/m0/s1. The highest BCUT2D eigenvalue weighted by molar-refractivity contribution is 5.88. The van der Waals surface area contributed by atoms with Crippen LogP contribution in [0.25, 0.3) is 11.1 Å². The van der Waals surface area contributed by atoms with E-state index in [0.717, 1.165) is 22.3 Å². The van der Waals surface area contributed by atoms with Crippen molar-refractivity contribution in [3.05, 3.63) is 59.7 Å². The molecule has 0 saturated carbocycles. The molecule has 0 aliphatic heterocycles. The van der Waals surface area contributed by atoms with Crippen LogP contribution in [0.3, 0.4) is 0 Å². The molecule has 3 rings (SSSR count). The average Bonchev–Trinajstić information content (AvgIpc) is 3.09. The molecule has 2 aromatic carbocycles. The number of carbonyl (C=O) groups excluding carboxylic acids is 2. The third kappa shape index (κ3) is 6.16. The minimum absolute atomic E-state index is 0.0816. The first kappa shape index (κ1) is 25.3. The zero-order chi connectivity index (χ0) is 24.8. The molecule has 0 saturated heterocycles. The second-order valence-corrected chi connectivity index (χ2v) is 9.66. The molecule has 0 bridgehead atoms.